The van der Waals surface area contributed by atoms with E-state index in [1.165, 1.54) is 38.3 Å². The maximum atomic E-state index is 12.8. The van der Waals surface area contributed by atoms with Gasteiger partial charge in [0, 0.05) is 26.3 Å². The SMILES string of the molecule is COCCOc1cc([N+](=O)[O-])c(C(=O)N(C)Cc2cc(C)on2)cc1OC. The van der Waals surface area contributed by atoms with Crippen molar-refractivity contribution in [3.63, 3.8) is 0 Å². The molecule has 0 fully saturated rings. The van der Waals surface area contributed by atoms with Crippen LogP contribution in [0.1, 0.15) is 21.8 Å². The van der Waals surface area contributed by atoms with Crippen LogP contribution in [0.3, 0.4) is 0 Å². The lowest BCUT2D eigenvalue weighted by Gasteiger charge is -2.17. The van der Waals surface area contributed by atoms with Crippen LogP contribution in [0.15, 0.2) is 22.7 Å². The highest BCUT2D eigenvalue weighted by molar-refractivity contribution is 5.98. The van der Waals surface area contributed by atoms with Crippen molar-refractivity contribution in [2.45, 2.75) is 13.5 Å². The van der Waals surface area contributed by atoms with Gasteiger partial charge in [0.1, 0.15) is 23.6 Å². The monoisotopic (exact) mass is 379 g/mol. The Morgan fingerprint density at radius 2 is 2.00 bits per heavy atom. The molecule has 27 heavy (non-hydrogen) atoms. The highest BCUT2D eigenvalue weighted by Gasteiger charge is 2.27. The second kappa shape index (κ2) is 8.99. The minimum atomic E-state index is -0.635. The number of aromatic nitrogens is 1. The average molecular weight is 379 g/mol. The standard InChI is InChI=1S/C17H21N3O7/c1-11-7-12(18-27-11)10-19(2)17(21)13-8-15(25-4)16(26-6-5-24-3)9-14(13)20(22)23/h7-9H,5-6,10H2,1-4H3. The van der Waals surface area contributed by atoms with Gasteiger partial charge in [0.15, 0.2) is 11.5 Å². The minimum absolute atomic E-state index is 0.112. The first-order valence-electron chi connectivity index (χ1n) is 8.03. The van der Waals surface area contributed by atoms with E-state index in [0.717, 1.165) is 0 Å². The molecule has 0 radical (unpaired) electrons. The van der Waals surface area contributed by atoms with Gasteiger partial charge >= 0.3 is 0 Å². The van der Waals surface area contributed by atoms with Crippen molar-refractivity contribution < 1.29 is 28.5 Å². The van der Waals surface area contributed by atoms with Gasteiger partial charge in [0.05, 0.1) is 31.3 Å². The van der Waals surface area contributed by atoms with Crippen LogP contribution in [-0.2, 0) is 11.3 Å². The number of nitro groups is 1. The van der Waals surface area contributed by atoms with Crippen molar-refractivity contribution in [3.8, 4) is 11.5 Å². The number of aryl methyl sites for hydroxylation is 1. The first-order valence-corrected chi connectivity index (χ1v) is 8.03. The second-order valence-corrected chi connectivity index (χ2v) is 5.71. The third-order valence-corrected chi connectivity index (χ3v) is 3.68. The van der Waals surface area contributed by atoms with Gasteiger partial charge in [0.25, 0.3) is 11.6 Å². The Bertz CT molecular complexity index is 819. The van der Waals surface area contributed by atoms with E-state index in [0.29, 0.717) is 18.1 Å². The Labute approximate surface area is 155 Å². The summed E-state index contributed by atoms with van der Waals surface area (Å²) < 4.78 is 20.5. The molecule has 0 saturated heterocycles. The van der Waals surface area contributed by atoms with E-state index in [-0.39, 0.29) is 35.9 Å². The van der Waals surface area contributed by atoms with Gasteiger partial charge in [-0.3, -0.25) is 14.9 Å². The molecule has 1 amide bonds. The number of nitro benzene ring substituents is 1. The average Bonchev–Trinajstić information content (AvgIpc) is 3.05. The van der Waals surface area contributed by atoms with E-state index in [1.807, 2.05) is 0 Å². The number of nitrogens with zero attached hydrogens (tertiary/aromatic N) is 3. The highest BCUT2D eigenvalue weighted by atomic mass is 16.6. The molecule has 10 heteroatoms. The molecule has 1 aromatic heterocycles. The molecule has 2 rings (SSSR count). The Kier molecular flexibility index (Phi) is 6.72. The van der Waals surface area contributed by atoms with Crippen molar-refractivity contribution in [2.75, 3.05) is 34.5 Å². The van der Waals surface area contributed by atoms with E-state index in [2.05, 4.69) is 5.16 Å². The maximum Gasteiger partial charge on any atom is 0.286 e. The summed E-state index contributed by atoms with van der Waals surface area (Å²) in [6, 6.07) is 4.16. The number of carbonyl (C=O) groups is 1. The third kappa shape index (κ3) is 4.94. The van der Waals surface area contributed by atoms with Gasteiger partial charge in [-0.15, -0.1) is 0 Å². The summed E-state index contributed by atoms with van der Waals surface area (Å²) in [7, 11) is 4.42. The fourth-order valence-corrected chi connectivity index (χ4v) is 2.39. The zero-order valence-corrected chi connectivity index (χ0v) is 15.6. The fourth-order valence-electron chi connectivity index (χ4n) is 2.39. The second-order valence-electron chi connectivity index (χ2n) is 5.71. The van der Waals surface area contributed by atoms with Crippen LogP contribution < -0.4 is 9.47 Å². The summed E-state index contributed by atoms with van der Waals surface area (Å²) in [5.74, 6) is 0.429. The summed E-state index contributed by atoms with van der Waals surface area (Å²) in [5, 5.41) is 15.3. The fraction of sp³-hybridized carbons (Fsp3) is 0.412. The first-order chi connectivity index (χ1) is 12.9. The lowest BCUT2D eigenvalue weighted by molar-refractivity contribution is -0.385. The van der Waals surface area contributed by atoms with E-state index in [1.54, 1.807) is 13.0 Å². The van der Waals surface area contributed by atoms with Crippen molar-refractivity contribution in [2.24, 2.45) is 0 Å². The molecule has 0 unspecified atom stereocenters. The smallest absolute Gasteiger partial charge is 0.286 e. The van der Waals surface area contributed by atoms with E-state index in [4.69, 9.17) is 18.7 Å². The molecule has 0 bridgehead atoms. The predicted molar refractivity (Wildman–Crippen MR) is 94.1 cm³/mol. The zero-order chi connectivity index (χ0) is 20.0. The summed E-state index contributed by atoms with van der Waals surface area (Å²) in [6.07, 6.45) is 0. The number of hydrogen-bond donors (Lipinski definition) is 0. The van der Waals surface area contributed by atoms with Crippen LogP contribution in [0.25, 0.3) is 0 Å². The largest absolute Gasteiger partial charge is 0.493 e. The molecule has 1 heterocycles. The number of rotatable bonds is 9. The van der Waals surface area contributed by atoms with Crippen LogP contribution in [-0.4, -0.2) is 55.4 Å². The normalized spacial score (nSPS) is 10.5. The molecule has 0 N–H and O–H groups in total. The molecule has 0 aliphatic rings. The van der Waals surface area contributed by atoms with Crippen LogP contribution in [0, 0.1) is 17.0 Å². The Balaban J connectivity index is 2.32. The Morgan fingerprint density at radius 1 is 1.26 bits per heavy atom. The lowest BCUT2D eigenvalue weighted by Crippen LogP contribution is -2.27. The number of ether oxygens (including phenoxy) is 3. The zero-order valence-electron chi connectivity index (χ0n) is 15.6. The lowest BCUT2D eigenvalue weighted by atomic mass is 10.1. The van der Waals surface area contributed by atoms with Crippen molar-refractivity contribution in [1.82, 2.24) is 10.1 Å². The molecule has 146 valence electrons. The van der Waals surface area contributed by atoms with Gasteiger partial charge < -0.3 is 23.6 Å². The number of methoxy groups -OCH3 is 2. The van der Waals surface area contributed by atoms with E-state index < -0.39 is 10.8 Å². The van der Waals surface area contributed by atoms with Crippen molar-refractivity contribution in [1.29, 1.82) is 0 Å². The maximum absolute atomic E-state index is 12.8. The molecule has 0 atom stereocenters. The Morgan fingerprint density at radius 3 is 2.56 bits per heavy atom. The minimum Gasteiger partial charge on any atom is -0.493 e. The molecule has 10 nitrogen and oxygen atoms in total. The van der Waals surface area contributed by atoms with Gasteiger partial charge in [-0.05, 0) is 6.92 Å². The van der Waals surface area contributed by atoms with Gasteiger partial charge in [0.2, 0.25) is 0 Å². The predicted octanol–water partition coefficient (Wildman–Crippen LogP) is 2.20. The number of carbonyl (C=O) groups excluding carboxylic acids is 1. The molecule has 0 aliphatic carbocycles. The summed E-state index contributed by atoms with van der Waals surface area (Å²) in [5.41, 5.74) is 0.0487. The van der Waals surface area contributed by atoms with Crippen molar-refractivity contribution >= 4 is 11.6 Å². The molecule has 0 saturated carbocycles. The first kappa shape index (κ1) is 20.2. The molecule has 0 spiro atoms. The molecule has 1 aromatic carbocycles. The van der Waals surface area contributed by atoms with Gasteiger partial charge in [-0.2, -0.15) is 0 Å². The van der Waals surface area contributed by atoms with Gasteiger partial charge in [-0.25, -0.2) is 0 Å². The summed E-state index contributed by atoms with van der Waals surface area (Å²) in [6.45, 7) is 2.36. The molecule has 2 aromatic rings. The van der Waals surface area contributed by atoms with E-state index in [9.17, 15) is 14.9 Å². The summed E-state index contributed by atoms with van der Waals surface area (Å²) in [4.78, 5) is 24.9. The number of benzene rings is 1. The van der Waals surface area contributed by atoms with Crippen LogP contribution in [0.4, 0.5) is 5.69 Å². The van der Waals surface area contributed by atoms with Crippen LogP contribution >= 0.6 is 0 Å². The third-order valence-electron chi connectivity index (χ3n) is 3.68. The molecular weight excluding hydrogens is 358 g/mol. The summed E-state index contributed by atoms with van der Waals surface area (Å²) >= 11 is 0. The van der Waals surface area contributed by atoms with Crippen molar-refractivity contribution in [3.05, 3.63) is 45.3 Å². The van der Waals surface area contributed by atoms with Crippen LogP contribution in [0.2, 0.25) is 0 Å². The molecule has 0 aliphatic heterocycles. The number of amides is 1. The van der Waals surface area contributed by atoms with E-state index >= 15 is 0 Å². The van der Waals surface area contributed by atoms with Gasteiger partial charge in [-0.1, -0.05) is 5.16 Å². The molecular formula is C17H21N3O7. The quantitative estimate of drug-likeness (QED) is 0.370. The highest BCUT2D eigenvalue weighted by Crippen LogP contribution is 2.35. The topological polar surface area (TPSA) is 117 Å². The number of hydrogen-bond acceptors (Lipinski definition) is 8. The Hall–Kier alpha value is -3.14. The van der Waals surface area contributed by atoms with Crippen LogP contribution in [0.5, 0.6) is 11.5 Å².